The molecule has 0 bridgehead atoms. The van der Waals surface area contributed by atoms with Crippen LogP contribution in [0.4, 0.5) is 0 Å². The SMILES string of the molecule is CCNC(Cc1nc(C)c(C)s1)C1(OC)CCOCC1. The Morgan fingerprint density at radius 1 is 1.40 bits per heavy atom. The Hall–Kier alpha value is -0.490. The van der Waals surface area contributed by atoms with Gasteiger partial charge in [-0.15, -0.1) is 11.3 Å². The fourth-order valence-electron chi connectivity index (χ4n) is 2.90. The van der Waals surface area contributed by atoms with Crippen molar-refractivity contribution in [3.8, 4) is 0 Å². The van der Waals surface area contributed by atoms with Crippen LogP contribution < -0.4 is 5.32 Å². The first kappa shape index (κ1) is 15.9. The minimum Gasteiger partial charge on any atom is -0.381 e. The number of hydrogen-bond acceptors (Lipinski definition) is 5. The fraction of sp³-hybridized carbons (Fsp3) is 0.800. The summed E-state index contributed by atoms with van der Waals surface area (Å²) in [6.07, 6.45) is 2.83. The maximum atomic E-state index is 5.94. The maximum Gasteiger partial charge on any atom is 0.0947 e. The zero-order chi connectivity index (χ0) is 14.6. The van der Waals surface area contributed by atoms with Gasteiger partial charge in [-0.3, -0.25) is 0 Å². The molecule has 0 aromatic carbocycles. The molecule has 1 aromatic rings. The van der Waals surface area contributed by atoms with Gasteiger partial charge >= 0.3 is 0 Å². The lowest BCUT2D eigenvalue weighted by Gasteiger charge is -2.42. The zero-order valence-corrected chi connectivity index (χ0v) is 13.8. The van der Waals surface area contributed by atoms with Crippen molar-refractivity contribution in [2.24, 2.45) is 0 Å². The lowest BCUT2D eigenvalue weighted by molar-refractivity contribution is -0.110. The van der Waals surface area contributed by atoms with Gasteiger partial charge in [0.05, 0.1) is 16.3 Å². The topological polar surface area (TPSA) is 43.4 Å². The van der Waals surface area contributed by atoms with Crippen molar-refractivity contribution in [2.45, 2.75) is 51.7 Å². The lowest BCUT2D eigenvalue weighted by Crippen LogP contribution is -2.56. The summed E-state index contributed by atoms with van der Waals surface area (Å²) in [5.74, 6) is 0. The number of ether oxygens (including phenoxy) is 2. The second-order valence-corrected chi connectivity index (χ2v) is 6.73. The number of nitrogens with one attached hydrogen (secondary N) is 1. The summed E-state index contributed by atoms with van der Waals surface area (Å²) < 4.78 is 11.4. The van der Waals surface area contributed by atoms with Crippen LogP contribution in [0.5, 0.6) is 0 Å². The Bertz CT molecular complexity index is 408. The average molecular weight is 298 g/mol. The van der Waals surface area contributed by atoms with E-state index in [1.54, 1.807) is 11.3 Å². The van der Waals surface area contributed by atoms with Crippen molar-refractivity contribution in [3.63, 3.8) is 0 Å². The summed E-state index contributed by atoms with van der Waals surface area (Å²) in [6.45, 7) is 8.88. The van der Waals surface area contributed by atoms with Crippen LogP contribution in [0.1, 0.15) is 35.3 Å². The van der Waals surface area contributed by atoms with Crippen LogP contribution in [0.3, 0.4) is 0 Å². The molecule has 2 rings (SSSR count). The van der Waals surface area contributed by atoms with E-state index in [2.05, 4.69) is 31.1 Å². The van der Waals surface area contributed by atoms with E-state index in [1.165, 1.54) is 9.88 Å². The van der Waals surface area contributed by atoms with Crippen LogP contribution in [0.15, 0.2) is 0 Å². The second-order valence-electron chi connectivity index (χ2n) is 5.44. The predicted octanol–water partition coefficient (Wildman–Crippen LogP) is 2.48. The first-order valence-electron chi connectivity index (χ1n) is 7.40. The molecule has 1 aromatic heterocycles. The zero-order valence-electron chi connectivity index (χ0n) is 13.0. The number of thiazole rings is 1. The van der Waals surface area contributed by atoms with Crippen LogP contribution in [-0.4, -0.2) is 43.5 Å². The van der Waals surface area contributed by atoms with Gasteiger partial charge in [0.15, 0.2) is 0 Å². The van der Waals surface area contributed by atoms with Crippen molar-refractivity contribution < 1.29 is 9.47 Å². The number of likely N-dealkylation sites (N-methyl/N-ethyl adjacent to an activating group) is 1. The maximum absolute atomic E-state index is 5.94. The molecule has 0 radical (unpaired) electrons. The molecule has 1 fully saturated rings. The monoisotopic (exact) mass is 298 g/mol. The van der Waals surface area contributed by atoms with Gasteiger partial charge < -0.3 is 14.8 Å². The van der Waals surface area contributed by atoms with E-state index in [-0.39, 0.29) is 5.60 Å². The third-order valence-corrected chi connectivity index (χ3v) is 5.38. The highest BCUT2D eigenvalue weighted by Gasteiger charge is 2.40. The van der Waals surface area contributed by atoms with Crippen LogP contribution >= 0.6 is 11.3 Å². The second kappa shape index (κ2) is 6.98. The first-order chi connectivity index (χ1) is 9.61. The van der Waals surface area contributed by atoms with Crippen LogP contribution in [-0.2, 0) is 15.9 Å². The van der Waals surface area contributed by atoms with Crippen LogP contribution in [0, 0.1) is 13.8 Å². The van der Waals surface area contributed by atoms with E-state index in [0.717, 1.165) is 44.7 Å². The largest absolute Gasteiger partial charge is 0.381 e. The van der Waals surface area contributed by atoms with E-state index < -0.39 is 0 Å². The average Bonchev–Trinajstić information content (AvgIpc) is 2.78. The summed E-state index contributed by atoms with van der Waals surface area (Å²) in [5, 5.41) is 4.81. The third-order valence-electron chi connectivity index (χ3n) is 4.28. The highest BCUT2D eigenvalue weighted by Crippen LogP contribution is 2.31. The summed E-state index contributed by atoms with van der Waals surface area (Å²) in [4.78, 5) is 6.00. The Balaban J connectivity index is 2.16. The molecule has 5 heteroatoms. The molecule has 0 saturated carbocycles. The highest BCUT2D eigenvalue weighted by molar-refractivity contribution is 7.11. The Kier molecular flexibility index (Phi) is 5.55. The van der Waals surface area contributed by atoms with Crippen molar-refractivity contribution in [2.75, 3.05) is 26.9 Å². The molecule has 1 aliphatic heterocycles. The third kappa shape index (κ3) is 3.39. The van der Waals surface area contributed by atoms with Crippen molar-refractivity contribution in [1.82, 2.24) is 10.3 Å². The molecular formula is C15H26N2O2S. The molecule has 1 saturated heterocycles. The molecule has 1 N–H and O–H groups in total. The van der Waals surface area contributed by atoms with Crippen molar-refractivity contribution in [3.05, 3.63) is 15.6 Å². The Morgan fingerprint density at radius 2 is 2.10 bits per heavy atom. The van der Waals surface area contributed by atoms with Gasteiger partial charge in [0.2, 0.25) is 0 Å². The summed E-state index contributed by atoms with van der Waals surface area (Å²) in [6, 6.07) is 0.298. The lowest BCUT2D eigenvalue weighted by atomic mass is 9.84. The molecule has 0 aliphatic carbocycles. The van der Waals surface area contributed by atoms with E-state index in [9.17, 15) is 0 Å². The van der Waals surface area contributed by atoms with Gasteiger partial charge in [-0.05, 0) is 20.4 Å². The van der Waals surface area contributed by atoms with Gasteiger partial charge in [0, 0.05) is 50.5 Å². The van der Waals surface area contributed by atoms with Crippen LogP contribution in [0.2, 0.25) is 0 Å². The fourth-order valence-corrected chi connectivity index (χ4v) is 3.88. The summed E-state index contributed by atoms with van der Waals surface area (Å²) >= 11 is 1.80. The Morgan fingerprint density at radius 3 is 2.60 bits per heavy atom. The van der Waals surface area contributed by atoms with E-state index >= 15 is 0 Å². The molecule has 4 nitrogen and oxygen atoms in total. The quantitative estimate of drug-likeness (QED) is 0.876. The van der Waals surface area contributed by atoms with E-state index in [4.69, 9.17) is 9.47 Å². The smallest absolute Gasteiger partial charge is 0.0947 e. The number of methoxy groups -OCH3 is 1. The number of hydrogen-bond donors (Lipinski definition) is 1. The Labute approximate surface area is 125 Å². The highest BCUT2D eigenvalue weighted by atomic mass is 32.1. The summed E-state index contributed by atoms with van der Waals surface area (Å²) in [7, 11) is 1.83. The van der Waals surface area contributed by atoms with E-state index in [0.29, 0.717) is 6.04 Å². The molecule has 0 spiro atoms. The van der Waals surface area contributed by atoms with Gasteiger partial charge in [-0.1, -0.05) is 6.92 Å². The van der Waals surface area contributed by atoms with Crippen molar-refractivity contribution in [1.29, 1.82) is 0 Å². The number of aryl methyl sites for hydroxylation is 2. The van der Waals surface area contributed by atoms with Crippen LogP contribution in [0.25, 0.3) is 0 Å². The first-order valence-corrected chi connectivity index (χ1v) is 8.22. The predicted molar refractivity (Wildman–Crippen MR) is 82.5 cm³/mol. The number of aromatic nitrogens is 1. The van der Waals surface area contributed by atoms with Gasteiger partial charge in [-0.2, -0.15) is 0 Å². The number of rotatable bonds is 6. The molecule has 0 amide bonds. The number of nitrogens with zero attached hydrogens (tertiary/aromatic N) is 1. The molecule has 1 atom stereocenters. The molecular weight excluding hydrogens is 272 g/mol. The van der Waals surface area contributed by atoms with E-state index in [1.807, 2.05) is 7.11 Å². The van der Waals surface area contributed by atoms with Gasteiger partial charge in [0.25, 0.3) is 0 Å². The van der Waals surface area contributed by atoms with Crippen molar-refractivity contribution >= 4 is 11.3 Å². The minimum atomic E-state index is -0.123. The molecule has 1 aliphatic rings. The molecule has 1 unspecified atom stereocenters. The minimum absolute atomic E-state index is 0.123. The normalized spacial score (nSPS) is 20.0. The van der Waals surface area contributed by atoms with Gasteiger partial charge in [-0.25, -0.2) is 4.98 Å². The standard InChI is InChI=1S/C15H26N2O2S/c1-5-16-13(10-14-17-11(2)12(3)20-14)15(18-4)6-8-19-9-7-15/h13,16H,5-10H2,1-4H3. The molecule has 114 valence electrons. The summed E-state index contributed by atoms with van der Waals surface area (Å²) in [5.41, 5.74) is 1.03. The van der Waals surface area contributed by atoms with Gasteiger partial charge in [0.1, 0.15) is 0 Å². The molecule has 2 heterocycles. The molecule has 20 heavy (non-hydrogen) atoms.